The van der Waals surface area contributed by atoms with Crippen LogP contribution in [0, 0.1) is 24.7 Å². The molecule has 0 radical (unpaired) electrons. The Morgan fingerprint density at radius 2 is 1.85 bits per heavy atom. The first kappa shape index (κ1) is 33.5. The van der Waals surface area contributed by atoms with Crippen LogP contribution < -0.4 is 11.3 Å². The molecule has 2 aliphatic heterocycles. The molecule has 9 heteroatoms. The Kier molecular flexibility index (Phi) is 12.5. The van der Waals surface area contributed by atoms with Gasteiger partial charge in [-0.2, -0.15) is 11.8 Å². The number of hydrogen-bond acceptors (Lipinski definition) is 6. The summed E-state index contributed by atoms with van der Waals surface area (Å²) < 4.78 is 35.0. The van der Waals surface area contributed by atoms with Gasteiger partial charge < -0.3 is 10.5 Å². The van der Waals surface area contributed by atoms with Gasteiger partial charge in [-0.05, 0) is 75.4 Å². The van der Waals surface area contributed by atoms with Crippen LogP contribution in [0.2, 0.25) is 0 Å². The minimum absolute atomic E-state index is 0.00494. The number of fused-ring (bicyclic) bond motifs is 1. The van der Waals surface area contributed by atoms with Crippen molar-refractivity contribution in [2.45, 2.75) is 129 Å². The molecule has 4 aliphatic rings. The SMILES string of the molecule is CC.CC.Cc1nc2c(c(=O)n1CCOC1CCC(C)CC1C(C)C1SCCC1N)C[C@@H](N1CC(F)(F)C1)CC2. The van der Waals surface area contributed by atoms with E-state index in [0.717, 1.165) is 30.7 Å². The summed E-state index contributed by atoms with van der Waals surface area (Å²) in [4.78, 5) is 20.0. The second kappa shape index (κ2) is 14.9. The largest absolute Gasteiger partial charge is 0.376 e. The molecule has 1 aromatic rings. The lowest BCUT2D eigenvalue weighted by atomic mass is 9.72. The molecule has 0 spiro atoms. The number of aromatic nitrogens is 2. The smallest absolute Gasteiger partial charge is 0.272 e. The average Bonchev–Trinajstić information content (AvgIpc) is 3.37. The van der Waals surface area contributed by atoms with Crippen LogP contribution in [-0.4, -0.2) is 69.3 Å². The van der Waals surface area contributed by atoms with Crippen molar-refractivity contribution in [2.24, 2.45) is 23.5 Å². The predicted molar refractivity (Wildman–Crippen MR) is 163 cm³/mol. The van der Waals surface area contributed by atoms with E-state index in [0.29, 0.717) is 60.4 Å². The monoisotopic (exact) mass is 584 g/mol. The minimum atomic E-state index is -2.59. The van der Waals surface area contributed by atoms with Gasteiger partial charge in [-0.25, -0.2) is 13.8 Å². The zero-order chi connectivity index (χ0) is 29.6. The molecule has 0 bridgehead atoms. The number of nitrogens with zero attached hydrogens (tertiary/aromatic N) is 3. The highest BCUT2D eigenvalue weighted by Gasteiger charge is 2.47. The second-order valence-corrected chi connectivity index (χ2v) is 13.1. The predicted octanol–water partition coefficient (Wildman–Crippen LogP) is 5.70. The average molecular weight is 585 g/mol. The highest BCUT2D eigenvalue weighted by molar-refractivity contribution is 8.00. The molecular formula is C31H54F2N4O2S. The minimum Gasteiger partial charge on any atom is -0.376 e. The van der Waals surface area contributed by atoms with Crippen molar-refractivity contribution >= 4 is 11.8 Å². The van der Waals surface area contributed by atoms with Crippen LogP contribution in [0.15, 0.2) is 4.79 Å². The third-order valence-corrected chi connectivity index (χ3v) is 10.8. The summed E-state index contributed by atoms with van der Waals surface area (Å²) in [5.74, 6) is 0.988. The normalized spacial score (nSPS) is 32.0. The fourth-order valence-electron chi connectivity index (χ4n) is 7.06. The molecule has 2 N–H and O–H groups in total. The first-order chi connectivity index (χ1) is 19.1. The van der Waals surface area contributed by atoms with Gasteiger partial charge in [0.2, 0.25) is 0 Å². The number of aryl methyl sites for hydroxylation is 2. The molecule has 230 valence electrons. The lowest BCUT2D eigenvalue weighted by molar-refractivity contribution is -0.147. The summed E-state index contributed by atoms with van der Waals surface area (Å²) in [7, 11) is 0. The maximum atomic E-state index is 13.4. The molecule has 2 saturated heterocycles. The van der Waals surface area contributed by atoms with E-state index in [4.69, 9.17) is 15.5 Å². The van der Waals surface area contributed by atoms with Crippen molar-refractivity contribution in [1.29, 1.82) is 0 Å². The summed E-state index contributed by atoms with van der Waals surface area (Å²) in [5.41, 5.74) is 7.97. The molecule has 3 fully saturated rings. The van der Waals surface area contributed by atoms with E-state index in [-0.39, 0.29) is 36.8 Å². The van der Waals surface area contributed by atoms with Crippen LogP contribution in [-0.2, 0) is 24.1 Å². The number of ether oxygens (including phenoxy) is 1. The second-order valence-electron chi connectivity index (χ2n) is 11.8. The van der Waals surface area contributed by atoms with Crippen molar-refractivity contribution < 1.29 is 13.5 Å². The summed E-state index contributed by atoms with van der Waals surface area (Å²) in [6, 6.07) is 0.280. The van der Waals surface area contributed by atoms with Crippen molar-refractivity contribution in [3.63, 3.8) is 0 Å². The highest BCUT2D eigenvalue weighted by atomic mass is 32.2. The van der Waals surface area contributed by atoms with E-state index in [9.17, 15) is 13.6 Å². The van der Waals surface area contributed by atoms with Gasteiger partial charge in [0.1, 0.15) is 5.82 Å². The van der Waals surface area contributed by atoms with Gasteiger partial charge >= 0.3 is 0 Å². The molecule has 1 aromatic heterocycles. The lowest BCUT2D eigenvalue weighted by Crippen LogP contribution is -2.61. The number of hydrogen-bond donors (Lipinski definition) is 1. The molecule has 6 unspecified atom stereocenters. The van der Waals surface area contributed by atoms with Crippen LogP contribution in [0.25, 0.3) is 0 Å². The number of nitrogens with two attached hydrogens (primary N) is 1. The number of alkyl halides is 2. The van der Waals surface area contributed by atoms with E-state index in [1.54, 1.807) is 4.57 Å². The standard InChI is InChI=1S/C27H42F2N4O2S.2C2H6/c1-16-4-7-24(20(12-16)17(2)25-22(30)8-11-36-25)35-10-9-33-18(3)31-23-6-5-19(13-21(23)26(33)34)32-14-27(28,29)15-32;2*1-2/h16-17,19-20,22,24-25H,4-15,30H2,1-3H3;2*1-2H3/t16?,17?,19-,20?,22?,24?,25?;;/m0../s1. The summed E-state index contributed by atoms with van der Waals surface area (Å²) >= 11 is 2.02. The fraction of sp³-hybridized carbons (Fsp3) is 0.871. The Balaban J connectivity index is 0.00000106. The Hall–Kier alpha value is -1.03. The Labute approximate surface area is 245 Å². The molecule has 0 aromatic carbocycles. The van der Waals surface area contributed by atoms with Crippen molar-refractivity contribution in [1.82, 2.24) is 14.5 Å². The third kappa shape index (κ3) is 7.67. The van der Waals surface area contributed by atoms with E-state index in [1.165, 1.54) is 12.8 Å². The van der Waals surface area contributed by atoms with Crippen LogP contribution in [0.4, 0.5) is 8.78 Å². The lowest BCUT2D eigenvalue weighted by Gasteiger charge is -2.45. The Morgan fingerprint density at radius 3 is 2.48 bits per heavy atom. The maximum Gasteiger partial charge on any atom is 0.272 e. The fourth-order valence-corrected chi connectivity index (χ4v) is 8.63. The summed E-state index contributed by atoms with van der Waals surface area (Å²) in [6.07, 6.45) is 6.67. The van der Waals surface area contributed by atoms with Gasteiger partial charge in [-0.1, -0.05) is 41.5 Å². The quantitative estimate of drug-likeness (QED) is 0.443. The third-order valence-electron chi connectivity index (χ3n) is 9.20. The molecular weight excluding hydrogens is 530 g/mol. The van der Waals surface area contributed by atoms with Crippen molar-refractivity contribution in [3.8, 4) is 0 Å². The molecule has 6 nitrogen and oxygen atoms in total. The zero-order valence-electron chi connectivity index (χ0n) is 25.9. The van der Waals surface area contributed by atoms with Gasteiger partial charge in [-0.15, -0.1) is 0 Å². The topological polar surface area (TPSA) is 73.4 Å². The van der Waals surface area contributed by atoms with Crippen LogP contribution >= 0.6 is 11.8 Å². The van der Waals surface area contributed by atoms with E-state index >= 15 is 0 Å². The van der Waals surface area contributed by atoms with Crippen LogP contribution in [0.3, 0.4) is 0 Å². The molecule has 1 saturated carbocycles. The van der Waals surface area contributed by atoms with Gasteiger partial charge in [0.25, 0.3) is 11.5 Å². The van der Waals surface area contributed by atoms with E-state index in [2.05, 4.69) is 13.8 Å². The number of halogens is 2. The molecule has 2 aliphatic carbocycles. The van der Waals surface area contributed by atoms with Gasteiger partial charge in [0, 0.05) is 22.9 Å². The zero-order valence-corrected chi connectivity index (χ0v) is 26.7. The highest BCUT2D eigenvalue weighted by Crippen LogP contribution is 2.42. The van der Waals surface area contributed by atoms with Gasteiger partial charge in [0.15, 0.2) is 0 Å². The van der Waals surface area contributed by atoms with Gasteiger partial charge in [-0.3, -0.25) is 14.3 Å². The van der Waals surface area contributed by atoms with E-state index in [1.807, 2.05) is 51.3 Å². The van der Waals surface area contributed by atoms with Crippen LogP contribution in [0.5, 0.6) is 0 Å². The Morgan fingerprint density at radius 1 is 1.15 bits per heavy atom. The molecule has 0 amide bonds. The first-order valence-corrected chi connectivity index (χ1v) is 16.9. The summed E-state index contributed by atoms with van der Waals surface area (Å²) in [5, 5.41) is 0.500. The van der Waals surface area contributed by atoms with Crippen molar-refractivity contribution in [3.05, 3.63) is 27.4 Å². The van der Waals surface area contributed by atoms with Crippen LogP contribution in [0.1, 0.15) is 90.7 Å². The first-order valence-electron chi connectivity index (χ1n) is 15.8. The molecule has 40 heavy (non-hydrogen) atoms. The number of thioether (sulfide) groups is 1. The number of likely N-dealkylation sites (tertiary alicyclic amines) is 1. The Bertz CT molecular complexity index is 998. The maximum absolute atomic E-state index is 13.4. The van der Waals surface area contributed by atoms with Crippen molar-refractivity contribution in [2.75, 3.05) is 25.4 Å². The number of rotatable bonds is 7. The summed E-state index contributed by atoms with van der Waals surface area (Å²) in [6.45, 7) is 15.1. The van der Waals surface area contributed by atoms with Gasteiger partial charge in [0.05, 0.1) is 38.0 Å². The molecule has 3 heterocycles. The van der Waals surface area contributed by atoms with E-state index < -0.39 is 5.92 Å². The molecule has 5 rings (SSSR count). The molecule has 7 atom stereocenters.